The molecule has 1 aliphatic heterocycles. The van der Waals surface area contributed by atoms with Gasteiger partial charge in [-0.25, -0.2) is 12.7 Å². The van der Waals surface area contributed by atoms with Gasteiger partial charge in [-0.2, -0.15) is 8.78 Å². The van der Waals surface area contributed by atoms with Crippen LogP contribution < -0.4 is 4.74 Å². The number of ether oxygens (including phenoxy) is 1. The number of hydrogen-bond acceptors (Lipinski definition) is 4. The summed E-state index contributed by atoms with van der Waals surface area (Å²) in [5.41, 5.74) is 0.600. The van der Waals surface area contributed by atoms with Crippen LogP contribution in [0.5, 0.6) is 5.75 Å². The number of sulfonamides is 1. The van der Waals surface area contributed by atoms with E-state index >= 15 is 0 Å². The average molecular weight is 367 g/mol. The molecule has 0 N–H and O–H groups in total. The first-order valence-corrected chi connectivity index (χ1v) is 9.05. The van der Waals surface area contributed by atoms with E-state index in [0.29, 0.717) is 5.56 Å². The molecule has 8 heteroatoms. The highest BCUT2D eigenvalue weighted by Gasteiger charge is 2.42. The minimum absolute atomic E-state index is 0.0181. The van der Waals surface area contributed by atoms with Crippen molar-refractivity contribution in [1.29, 1.82) is 0 Å². The number of hydrogen-bond donors (Lipinski definition) is 0. The number of alkyl halides is 2. The van der Waals surface area contributed by atoms with Crippen molar-refractivity contribution in [2.45, 2.75) is 18.3 Å². The molecule has 1 heterocycles. The van der Waals surface area contributed by atoms with E-state index in [0.717, 1.165) is 10.4 Å². The van der Waals surface area contributed by atoms with Crippen molar-refractivity contribution < 1.29 is 26.7 Å². The summed E-state index contributed by atoms with van der Waals surface area (Å²) in [5, 5.41) is -0.793. The monoisotopic (exact) mass is 367 g/mol. The van der Waals surface area contributed by atoms with Gasteiger partial charge in [-0.15, -0.1) is 0 Å². The number of carbonyl (C=O) groups is 1. The summed E-state index contributed by atoms with van der Waals surface area (Å²) in [5.74, 6) is -0.949. The van der Waals surface area contributed by atoms with Crippen LogP contribution >= 0.6 is 0 Å². The first-order valence-electron chi connectivity index (χ1n) is 7.55. The van der Waals surface area contributed by atoms with Crippen molar-refractivity contribution in [3.8, 4) is 5.75 Å². The van der Waals surface area contributed by atoms with Gasteiger partial charge in [0.2, 0.25) is 10.0 Å². The van der Waals surface area contributed by atoms with Crippen LogP contribution in [0.3, 0.4) is 0 Å². The van der Waals surface area contributed by atoms with Crippen LogP contribution in [-0.4, -0.2) is 31.8 Å². The van der Waals surface area contributed by atoms with Crippen LogP contribution in [0, 0.1) is 0 Å². The first kappa shape index (κ1) is 17.3. The maximum atomic E-state index is 12.7. The number of benzene rings is 2. The predicted molar refractivity (Wildman–Crippen MR) is 86.8 cm³/mol. The van der Waals surface area contributed by atoms with E-state index in [-0.39, 0.29) is 24.3 Å². The van der Waals surface area contributed by atoms with Gasteiger partial charge in [-0.1, -0.05) is 36.4 Å². The summed E-state index contributed by atoms with van der Waals surface area (Å²) < 4.78 is 55.1. The van der Waals surface area contributed by atoms with Gasteiger partial charge in [0, 0.05) is 12.1 Å². The molecule has 0 spiro atoms. The van der Waals surface area contributed by atoms with Crippen LogP contribution in [-0.2, 0) is 10.0 Å². The lowest BCUT2D eigenvalue weighted by molar-refractivity contribution is -0.0499. The minimum Gasteiger partial charge on any atom is -0.435 e. The molecule has 3 rings (SSSR count). The summed E-state index contributed by atoms with van der Waals surface area (Å²) in [6.07, 6.45) is 0.283. The molecule has 132 valence electrons. The third-order valence-corrected chi connectivity index (χ3v) is 6.15. The Bertz CT molecular complexity index is 871. The average Bonchev–Trinajstić information content (AvgIpc) is 2.89. The van der Waals surface area contributed by atoms with Crippen LogP contribution in [0.15, 0.2) is 54.6 Å². The lowest BCUT2D eigenvalue weighted by atomic mass is 10.1. The lowest BCUT2D eigenvalue weighted by Gasteiger charge is -2.18. The summed E-state index contributed by atoms with van der Waals surface area (Å²) >= 11 is 0. The van der Waals surface area contributed by atoms with Crippen LogP contribution in [0.4, 0.5) is 8.78 Å². The number of amides is 1. The summed E-state index contributed by atoms with van der Waals surface area (Å²) in [4.78, 5) is 12.6. The first-order chi connectivity index (χ1) is 11.9. The van der Waals surface area contributed by atoms with Crippen molar-refractivity contribution in [3.05, 3.63) is 65.7 Å². The molecule has 5 nitrogen and oxygen atoms in total. The molecule has 2 aromatic rings. The van der Waals surface area contributed by atoms with Crippen LogP contribution in [0.25, 0.3) is 0 Å². The van der Waals surface area contributed by atoms with Crippen LogP contribution in [0.2, 0.25) is 0 Å². The predicted octanol–water partition coefficient (Wildman–Crippen LogP) is 3.21. The molecule has 2 aromatic carbocycles. The molecule has 1 amide bonds. The molecule has 0 radical (unpaired) electrons. The van der Waals surface area contributed by atoms with E-state index in [2.05, 4.69) is 4.74 Å². The molecular formula is C17H15F2NO4S. The second-order valence-corrected chi connectivity index (χ2v) is 7.56. The third-order valence-electron chi connectivity index (χ3n) is 3.97. The van der Waals surface area contributed by atoms with Gasteiger partial charge in [-0.3, -0.25) is 4.79 Å². The zero-order valence-corrected chi connectivity index (χ0v) is 13.8. The van der Waals surface area contributed by atoms with Gasteiger partial charge in [-0.05, 0) is 30.2 Å². The zero-order valence-electron chi connectivity index (χ0n) is 13.0. The Labute approximate surface area is 143 Å². The second kappa shape index (κ2) is 6.79. The SMILES string of the molecule is O=C(c1cccc(OC(F)F)c1)N1CCC(c2ccccc2)S1(=O)=O. The Balaban J connectivity index is 1.86. The number of nitrogens with zero attached hydrogens (tertiary/aromatic N) is 1. The van der Waals surface area contributed by atoms with Gasteiger partial charge in [0.1, 0.15) is 11.0 Å². The highest BCUT2D eigenvalue weighted by molar-refractivity contribution is 7.90. The van der Waals surface area contributed by atoms with Crippen molar-refractivity contribution in [2.24, 2.45) is 0 Å². The molecule has 0 bridgehead atoms. The fourth-order valence-electron chi connectivity index (χ4n) is 2.84. The highest BCUT2D eigenvalue weighted by atomic mass is 32.2. The zero-order chi connectivity index (χ0) is 18.0. The number of halogens is 2. The van der Waals surface area contributed by atoms with Crippen molar-refractivity contribution in [3.63, 3.8) is 0 Å². The summed E-state index contributed by atoms with van der Waals surface area (Å²) in [6.45, 7) is -2.98. The van der Waals surface area contributed by atoms with E-state index in [1.165, 1.54) is 18.2 Å². The summed E-state index contributed by atoms with van der Waals surface area (Å²) in [6, 6.07) is 13.8. The van der Waals surface area contributed by atoms with Crippen molar-refractivity contribution in [1.82, 2.24) is 4.31 Å². The van der Waals surface area contributed by atoms with E-state index in [4.69, 9.17) is 0 Å². The molecule has 1 fully saturated rings. The maximum Gasteiger partial charge on any atom is 0.387 e. The molecule has 0 aliphatic carbocycles. The Morgan fingerprint density at radius 1 is 1.12 bits per heavy atom. The quantitative estimate of drug-likeness (QED) is 0.832. The molecule has 25 heavy (non-hydrogen) atoms. The van der Waals surface area contributed by atoms with Gasteiger partial charge < -0.3 is 4.74 Å². The fraction of sp³-hybridized carbons (Fsp3) is 0.235. The van der Waals surface area contributed by atoms with Gasteiger partial charge in [0.15, 0.2) is 0 Å². The molecular weight excluding hydrogens is 352 g/mol. The van der Waals surface area contributed by atoms with Crippen molar-refractivity contribution >= 4 is 15.9 Å². The Kier molecular flexibility index (Phi) is 4.71. The highest BCUT2D eigenvalue weighted by Crippen LogP contribution is 2.36. The molecule has 1 atom stereocenters. The summed E-state index contributed by atoms with van der Waals surface area (Å²) in [7, 11) is -3.87. The number of rotatable bonds is 4. The van der Waals surface area contributed by atoms with Gasteiger partial charge in [0.05, 0.1) is 0 Å². The van der Waals surface area contributed by atoms with Gasteiger partial charge >= 0.3 is 6.61 Å². The normalized spacial score (nSPS) is 19.2. The van der Waals surface area contributed by atoms with Gasteiger partial charge in [0.25, 0.3) is 5.91 Å². The van der Waals surface area contributed by atoms with Crippen molar-refractivity contribution in [2.75, 3.05) is 6.54 Å². The third kappa shape index (κ3) is 3.48. The molecule has 0 aromatic heterocycles. The van der Waals surface area contributed by atoms with E-state index in [9.17, 15) is 22.0 Å². The number of carbonyl (C=O) groups excluding carboxylic acids is 1. The molecule has 1 saturated heterocycles. The smallest absolute Gasteiger partial charge is 0.387 e. The maximum absolute atomic E-state index is 12.7. The fourth-order valence-corrected chi connectivity index (χ4v) is 4.74. The van der Waals surface area contributed by atoms with E-state index < -0.39 is 27.8 Å². The Morgan fingerprint density at radius 2 is 1.84 bits per heavy atom. The van der Waals surface area contributed by atoms with E-state index in [1.54, 1.807) is 30.3 Å². The largest absolute Gasteiger partial charge is 0.435 e. The van der Waals surface area contributed by atoms with E-state index in [1.807, 2.05) is 0 Å². The van der Waals surface area contributed by atoms with Crippen LogP contribution in [0.1, 0.15) is 27.6 Å². The lowest BCUT2D eigenvalue weighted by Crippen LogP contribution is -2.33. The Hall–Kier alpha value is -2.48. The minimum atomic E-state index is -3.87. The standard InChI is InChI=1S/C17H15F2NO4S/c18-17(19)24-14-8-4-7-13(11-14)16(21)20-10-9-15(25(20,22)23)12-5-2-1-3-6-12/h1-8,11,15,17H,9-10H2. The Morgan fingerprint density at radius 3 is 2.52 bits per heavy atom. The molecule has 1 aliphatic rings. The molecule has 1 unspecified atom stereocenters. The topological polar surface area (TPSA) is 63.7 Å². The molecule has 0 saturated carbocycles. The second-order valence-electron chi connectivity index (χ2n) is 5.52.